The van der Waals surface area contributed by atoms with Crippen molar-refractivity contribution in [3.63, 3.8) is 0 Å². The van der Waals surface area contributed by atoms with E-state index in [4.69, 9.17) is 4.98 Å². The van der Waals surface area contributed by atoms with Crippen LogP contribution < -0.4 is 0 Å². The molecule has 0 saturated heterocycles. The summed E-state index contributed by atoms with van der Waals surface area (Å²) in [6.45, 7) is 8.51. The molecule has 0 amide bonds. The monoisotopic (exact) mass is 490 g/mol. The number of aryl methyl sites for hydroxylation is 1. The normalized spacial score (nSPS) is 13.1. The minimum Gasteiger partial charge on any atom is -0.507 e. The number of carbonyl (C=O) groups excluding carboxylic acids is 1. The van der Waals surface area contributed by atoms with Crippen LogP contribution in [-0.4, -0.2) is 20.4 Å². The minimum atomic E-state index is 0.0927. The molecule has 1 saturated carbocycles. The third kappa shape index (κ3) is 7.04. The van der Waals surface area contributed by atoms with Gasteiger partial charge in [0.05, 0.1) is 11.9 Å². The zero-order valence-electron chi connectivity index (χ0n) is 21.5. The molecule has 1 fully saturated rings. The number of imidazole rings is 1. The Hall–Kier alpha value is -2.92. The maximum absolute atomic E-state index is 12.4. The smallest absolute Gasteiger partial charge is 0.156 e. The molecule has 0 bridgehead atoms. The largest absolute Gasteiger partial charge is 0.507 e. The number of ketones is 1. The first-order valence-corrected chi connectivity index (χ1v) is 13.7. The molecule has 3 aromatic rings. The van der Waals surface area contributed by atoms with E-state index >= 15 is 0 Å². The lowest BCUT2D eigenvalue weighted by atomic mass is 9.89. The minimum absolute atomic E-state index is 0.0927. The third-order valence-electron chi connectivity index (χ3n) is 6.30. The van der Waals surface area contributed by atoms with E-state index in [-0.39, 0.29) is 5.78 Å². The topological polar surface area (TPSA) is 55.1 Å². The number of hydrogen-bond donors (Lipinski definition) is 1. The van der Waals surface area contributed by atoms with Crippen molar-refractivity contribution in [2.24, 2.45) is 0 Å². The van der Waals surface area contributed by atoms with Gasteiger partial charge < -0.3 is 9.67 Å². The third-order valence-corrected chi connectivity index (χ3v) is 7.18. The van der Waals surface area contributed by atoms with Crippen LogP contribution in [0.3, 0.4) is 0 Å². The number of nitrogens with zero attached hydrogens (tertiary/aromatic N) is 2. The SMILES string of the molecule is CC.CCCCc1ncc(/C=C(\Cc2cccs2)C(C)=O)n1Cc1ccc(C(O)=C2CCC2)cc1. The van der Waals surface area contributed by atoms with E-state index in [0.717, 1.165) is 65.9 Å². The van der Waals surface area contributed by atoms with Crippen molar-refractivity contribution in [3.05, 3.63) is 86.6 Å². The van der Waals surface area contributed by atoms with E-state index in [1.807, 2.05) is 49.7 Å². The lowest BCUT2D eigenvalue weighted by Crippen LogP contribution is -2.09. The molecular formula is C30H38N2O2S. The number of aliphatic hydroxyl groups excluding tert-OH is 1. The fourth-order valence-electron chi connectivity index (χ4n) is 4.06. The Labute approximate surface area is 214 Å². The first-order valence-electron chi connectivity index (χ1n) is 12.8. The van der Waals surface area contributed by atoms with Gasteiger partial charge in [0, 0.05) is 35.4 Å². The molecular weight excluding hydrogens is 452 g/mol. The molecule has 2 heterocycles. The Balaban J connectivity index is 0.00000167. The maximum Gasteiger partial charge on any atom is 0.156 e. The standard InChI is InChI=1S/C28H32N2O2S.C2H6/c1-3-4-10-27-29-18-25(16-24(20(2)31)17-26-9-6-15-33-26)30(27)19-21-11-13-23(14-12-21)28(32)22-7-5-8-22;1-2/h6,9,11-16,18,32H,3-5,7-8,10,17,19H2,1-2H3;1-2H3/b24-16+;. The van der Waals surface area contributed by atoms with E-state index in [0.29, 0.717) is 18.7 Å². The summed E-state index contributed by atoms with van der Waals surface area (Å²) in [5.74, 6) is 1.59. The molecule has 0 radical (unpaired) electrons. The van der Waals surface area contributed by atoms with Gasteiger partial charge >= 0.3 is 0 Å². The summed E-state index contributed by atoms with van der Waals surface area (Å²) in [6, 6.07) is 12.3. The Morgan fingerprint density at radius 1 is 1.17 bits per heavy atom. The van der Waals surface area contributed by atoms with Gasteiger partial charge in [-0.2, -0.15) is 0 Å². The number of Topliss-reactive ketones (excluding diaryl/α,β-unsaturated/α-hetero) is 1. The summed E-state index contributed by atoms with van der Waals surface area (Å²) in [5, 5.41) is 12.5. The summed E-state index contributed by atoms with van der Waals surface area (Å²) in [4.78, 5) is 18.3. The van der Waals surface area contributed by atoms with E-state index in [9.17, 15) is 9.90 Å². The molecule has 0 spiro atoms. The second kappa shape index (κ2) is 13.2. The average molecular weight is 491 g/mol. The summed E-state index contributed by atoms with van der Waals surface area (Å²) in [7, 11) is 0. The van der Waals surface area contributed by atoms with Gasteiger partial charge in [-0.25, -0.2) is 4.98 Å². The van der Waals surface area contributed by atoms with Crippen molar-refractivity contribution < 1.29 is 9.90 Å². The van der Waals surface area contributed by atoms with Crippen LogP contribution in [0, 0.1) is 0 Å². The Morgan fingerprint density at radius 3 is 2.49 bits per heavy atom. The first-order chi connectivity index (χ1) is 17.0. The fourth-order valence-corrected chi connectivity index (χ4v) is 4.79. The van der Waals surface area contributed by atoms with Gasteiger partial charge in [-0.3, -0.25) is 4.79 Å². The van der Waals surface area contributed by atoms with Gasteiger partial charge in [0.25, 0.3) is 0 Å². The molecule has 4 rings (SSSR count). The van der Waals surface area contributed by atoms with E-state index in [1.54, 1.807) is 18.3 Å². The van der Waals surface area contributed by atoms with Crippen molar-refractivity contribution in [1.82, 2.24) is 9.55 Å². The van der Waals surface area contributed by atoms with Crippen LogP contribution >= 0.6 is 11.3 Å². The molecule has 2 aromatic heterocycles. The van der Waals surface area contributed by atoms with Gasteiger partial charge in [-0.05, 0) is 61.3 Å². The molecule has 5 heteroatoms. The second-order valence-corrected chi connectivity index (χ2v) is 9.81. The number of hydrogen-bond acceptors (Lipinski definition) is 4. The second-order valence-electron chi connectivity index (χ2n) is 8.77. The Kier molecular flexibility index (Phi) is 10.1. The molecule has 1 aliphatic carbocycles. The molecule has 1 aromatic carbocycles. The van der Waals surface area contributed by atoms with Crippen LogP contribution in [-0.2, 0) is 24.2 Å². The van der Waals surface area contributed by atoms with Gasteiger partial charge in [0.15, 0.2) is 5.78 Å². The molecule has 0 unspecified atom stereocenters. The zero-order valence-corrected chi connectivity index (χ0v) is 22.3. The molecule has 35 heavy (non-hydrogen) atoms. The number of rotatable bonds is 10. The average Bonchev–Trinajstić information content (AvgIpc) is 3.48. The van der Waals surface area contributed by atoms with Crippen LogP contribution in [0.1, 0.15) is 87.3 Å². The molecule has 1 N–H and O–H groups in total. The van der Waals surface area contributed by atoms with Crippen LogP contribution in [0.25, 0.3) is 11.8 Å². The number of thiophene rings is 1. The number of unbranched alkanes of at least 4 members (excludes halogenated alkanes) is 1. The molecule has 1 aliphatic rings. The van der Waals surface area contributed by atoms with Gasteiger partial charge in [0.1, 0.15) is 11.6 Å². The first kappa shape index (κ1) is 26.7. The Morgan fingerprint density at radius 2 is 1.91 bits per heavy atom. The summed E-state index contributed by atoms with van der Waals surface area (Å²) < 4.78 is 2.23. The molecule has 0 aliphatic heterocycles. The van der Waals surface area contributed by atoms with E-state index < -0.39 is 0 Å². The summed E-state index contributed by atoms with van der Waals surface area (Å²) >= 11 is 1.67. The molecule has 186 valence electrons. The van der Waals surface area contributed by atoms with E-state index in [1.165, 1.54) is 11.3 Å². The lowest BCUT2D eigenvalue weighted by molar-refractivity contribution is -0.113. The van der Waals surface area contributed by atoms with E-state index in [2.05, 4.69) is 29.7 Å². The van der Waals surface area contributed by atoms with Crippen molar-refractivity contribution in [1.29, 1.82) is 0 Å². The van der Waals surface area contributed by atoms with Gasteiger partial charge in [-0.15, -0.1) is 11.3 Å². The van der Waals surface area contributed by atoms with Crippen molar-refractivity contribution in [2.75, 3.05) is 0 Å². The predicted molar refractivity (Wildman–Crippen MR) is 148 cm³/mol. The summed E-state index contributed by atoms with van der Waals surface area (Å²) in [6.07, 6.45) is 10.8. The highest BCUT2D eigenvalue weighted by atomic mass is 32.1. The van der Waals surface area contributed by atoms with Crippen molar-refractivity contribution >= 4 is 29.0 Å². The molecule has 4 nitrogen and oxygen atoms in total. The number of aromatic nitrogens is 2. The highest BCUT2D eigenvalue weighted by Crippen LogP contribution is 2.32. The van der Waals surface area contributed by atoms with Gasteiger partial charge in [-0.1, -0.05) is 57.5 Å². The predicted octanol–water partition coefficient (Wildman–Crippen LogP) is 8.03. The van der Waals surface area contributed by atoms with Gasteiger partial charge in [0.2, 0.25) is 0 Å². The van der Waals surface area contributed by atoms with Crippen LogP contribution in [0.15, 0.2) is 59.1 Å². The maximum atomic E-state index is 12.4. The van der Waals surface area contributed by atoms with Crippen LogP contribution in [0.5, 0.6) is 0 Å². The van der Waals surface area contributed by atoms with Crippen molar-refractivity contribution in [3.8, 4) is 0 Å². The fraction of sp³-hybridized carbons (Fsp3) is 0.400. The van der Waals surface area contributed by atoms with Crippen LogP contribution in [0.2, 0.25) is 0 Å². The lowest BCUT2D eigenvalue weighted by Gasteiger charge is -2.18. The highest BCUT2D eigenvalue weighted by molar-refractivity contribution is 7.09. The molecule has 0 atom stereocenters. The number of allylic oxidation sites excluding steroid dienone is 2. The number of carbonyl (C=O) groups is 1. The van der Waals surface area contributed by atoms with Crippen molar-refractivity contribution in [2.45, 2.75) is 79.2 Å². The highest BCUT2D eigenvalue weighted by Gasteiger charge is 2.16. The summed E-state index contributed by atoms with van der Waals surface area (Å²) in [5.41, 5.74) is 4.96. The number of aliphatic hydroxyl groups is 1. The van der Waals surface area contributed by atoms with Crippen LogP contribution in [0.4, 0.5) is 0 Å². The quantitative estimate of drug-likeness (QED) is 0.231. The zero-order chi connectivity index (χ0) is 25.2. The Bertz CT molecular complexity index is 1150. The number of benzene rings is 1.